The number of hydrogen-bond acceptors (Lipinski definition) is 10. The van der Waals surface area contributed by atoms with Crippen LogP contribution in [0.15, 0.2) is 152 Å². The van der Waals surface area contributed by atoms with Crippen molar-refractivity contribution >= 4 is 18.0 Å². The first-order chi connectivity index (χ1) is 31.2. The third-order valence-electron chi connectivity index (χ3n) is 11.3. The summed E-state index contributed by atoms with van der Waals surface area (Å²) in [5, 5.41) is 10.3. The summed E-state index contributed by atoms with van der Waals surface area (Å²) in [5.41, 5.74) is 4.39. The maximum absolute atomic E-state index is 14.4. The summed E-state index contributed by atoms with van der Waals surface area (Å²) < 4.78 is 44.7. The summed E-state index contributed by atoms with van der Waals surface area (Å²) >= 11 is 0. The molecule has 2 saturated heterocycles. The van der Waals surface area contributed by atoms with Crippen LogP contribution >= 0.6 is 0 Å². The number of ether oxygens (including phenoxy) is 7. The highest BCUT2D eigenvalue weighted by molar-refractivity contribution is 5.87. The molecule has 1 spiro atoms. The predicted octanol–water partition coefficient (Wildman–Crippen LogP) is 7.42. The van der Waals surface area contributed by atoms with Crippen molar-refractivity contribution in [2.75, 3.05) is 32.8 Å². The molecule has 13 heteroatoms. The van der Waals surface area contributed by atoms with Gasteiger partial charge in [0.1, 0.15) is 37.5 Å². The highest BCUT2D eigenvalue weighted by Gasteiger charge is 2.53. The van der Waals surface area contributed by atoms with Gasteiger partial charge in [0.05, 0.1) is 58.8 Å². The van der Waals surface area contributed by atoms with Crippen molar-refractivity contribution < 1.29 is 52.6 Å². The standard InChI is InChI=1S/C51H56N2O11/c1-38(58-32-39-17-7-2-8-18-39)47(60-34-41-21-11-4-12-22-41)48(61-35-42-23-13-5-14-24-42)45(59-33-40-19-9-3-10-20-40)30-52(50(57)62-36-43-25-15-6-16-26-43)31-46(54)53-37-51(63-27-28-64-51)29-44(53)49(55)56/h2-26,38,44-45,47-48H,27-37H2,1H3,(H,55,56)/t38-,44-,45-,47-,48-/m0/s1. The number of nitrogens with zero attached hydrogens (tertiary/aromatic N) is 2. The minimum Gasteiger partial charge on any atom is -0.480 e. The van der Waals surface area contributed by atoms with E-state index in [0.29, 0.717) is 0 Å². The Hall–Kier alpha value is -5.93. The van der Waals surface area contributed by atoms with Crippen LogP contribution < -0.4 is 0 Å². The topological polar surface area (TPSA) is 143 Å². The second-order valence-electron chi connectivity index (χ2n) is 16.0. The maximum atomic E-state index is 14.4. The molecule has 0 aromatic heterocycles. The molecule has 0 bridgehead atoms. The van der Waals surface area contributed by atoms with Gasteiger partial charge in [-0.25, -0.2) is 9.59 Å². The normalized spacial score (nSPS) is 17.4. The third-order valence-corrected chi connectivity index (χ3v) is 11.3. The Morgan fingerprint density at radius 3 is 1.52 bits per heavy atom. The van der Waals surface area contributed by atoms with Gasteiger partial charge in [-0.1, -0.05) is 152 Å². The van der Waals surface area contributed by atoms with E-state index in [1.54, 1.807) is 0 Å². The number of likely N-dealkylation sites (tertiary alicyclic amines) is 1. The molecule has 2 aliphatic heterocycles. The summed E-state index contributed by atoms with van der Waals surface area (Å²) in [6.07, 6.45) is -4.12. The van der Waals surface area contributed by atoms with Gasteiger partial charge in [-0.05, 0) is 34.7 Å². The van der Waals surface area contributed by atoms with E-state index in [4.69, 9.17) is 33.2 Å². The fourth-order valence-corrected chi connectivity index (χ4v) is 7.88. The zero-order valence-electron chi connectivity index (χ0n) is 36.0. The van der Waals surface area contributed by atoms with Gasteiger partial charge in [-0.2, -0.15) is 0 Å². The van der Waals surface area contributed by atoms with Gasteiger partial charge in [-0.3, -0.25) is 9.69 Å². The number of rotatable bonds is 22. The number of benzene rings is 5. The molecule has 5 aromatic carbocycles. The number of carbonyl (C=O) groups excluding carboxylic acids is 2. The molecule has 2 aliphatic rings. The van der Waals surface area contributed by atoms with Gasteiger partial charge in [0.2, 0.25) is 5.91 Å². The highest BCUT2D eigenvalue weighted by Crippen LogP contribution is 2.35. The average molecular weight is 873 g/mol. The molecule has 64 heavy (non-hydrogen) atoms. The van der Waals surface area contributed by atoms with Crippen LogP contribution in [0.4, 0.5) is 4.79 Å². The number of carboxylic acids is 1. The van der Waals surface area contributed by atoms with Gasteiger partial charge in [0, 0.05) is 6.42 Å². The van der Waals surface area contributed by atoms with Crippen molar-refractivity contribution in [2.24, 2.45) is 0 Å². The SMILES string of the molecule is C[C@H](OCc1ccccc1)[C@H](OCc1ccccc1)[C@@H](OCc1ccccc1)[C@H](CN(CC(=O)N1CC2(C[C@H]1C(=O)O)OCCO2)C(=O)OCc1ccccc1)OCc1ccccc1. The van der Waals surface area contributed by atoms with E-state index < -0.39 is 60.8 Å². The highest BCUT2D eigenvalue weighted by atomic mass is 16.7. The average Bonchev–Trinajstić information content (AvgIpc) is 3.97. The van der Waals surface area contributed by atoms with E-state index in [0.717, 1.165) is 27.8 Å². The van der Waals surface area contributed by atoms with Crippen molar-refractivity contribution in [1.82, 2.24) is 9.80 Å². The molecule has 0 radical (unpaired) electrons. The molecular formula is C51H56N2O11. The number of aliphatic carboxylic acids is 1. The van der Waals surface area contributed by atoms with E-state index in [1.165, 1.54) is 9.80 Å². The number of carbonyl (C=O) groups is 3. The van der Waals surface area contributed by atoms with Crippen LogP contribution in [-0.4, -0.2) is 102 Å². The summed E-state index contributed by atoms with van der Waals surface area (Å²) in [6.45, 7) is 2.29. The van der Waals surface area contributed by atoms with Gasteiger partial charge >= 0.3 is 12.1 Å². The molecule has 2 fully saturated rings. The first kappa shape index (κ1) is 46.1. The summed E-state index contributed by atoms with van der Waals surface area (Å²) in [5.74, 6) is -3.07. The smallest absolute Gasteiger partial charge is 0.410 e. The Balaban J connectivity index is 1.25. The second kappa shape index (κ2) is 23.1. The van der Waals surface area contributed by atoms with E-state index in [-0.39, 0.29) is 65.8 Å². The Morgan fingerprint density at radius 2 is 1.05 bits per heavy atom. The van der Waals surface area contributed by atoms with Crippen LogP contribution in [0.25, 0.3) is 0 Å². The molecule has 336 valence electrons. The Bertz CT molecular complexity index is 2180. The van der Waals surface area contributed by atoms with Crippen LogP contribution in [0.5, 0.6) is 0 Å². The van der Waals surface area contributed by atoms with Gasteiger partial charge < -0.3 is 43.2 Å². The van der Waals surface area contributed by atoms with Crippen molar-refractivity contribution in [1.29, 1.82) is 0 Å². The van der Waals surface area contributed by atoms with E-state index in [1.807, 2.05) is 159 Å². The Labute approximate surface area is 374 Å². The van der Waals surface area contributed by atoms with Crippen molar-refractivity contribution in [3.05, 3.63) is 179 Å². The molecule has 2 heterocycles. The van der Waals surface area contributed by atoms with Crippen molar-refractivity contribution in [3.63, 3.8) is 0 Å². The minimum absolute atomic E-state index is 0.0496. The van der Waals surface area contributed by atoms with Gasteiger partial charge in [-0.15, -0.1) is 0 Å². The van der Waals surface area contributed by atoms with Crippen molar-refractivity contribution in [3.8, 4) is 0 Å². The number of amides is 2. The lowest BCUT2D eigenvalue weighted by Gasteiger charge is -2.38. The Morgan fingerprint density at radius 1 is 0.625 bits per heavy atom. The zero-order valence-corrected chi connectivity index (χ0v) is 36.0. The number of hydrogen-bond donors (Lipinski definition) is 1. The summed E-state index contributed by atoms with van der Waals surface area (Å²) in [7, 11) is 0. The van der Waals surface area contributed by atoms with E-state index in [2.05, 4.69) is 0 Å². The van der Waals surface area contributed by atoms with Crippen LogP contribution in [0.3, 0.4) is 0 Å². The molecule has 5 atom stereocenters. The Kier molecular flexibility index (Phi) is 16.7. The molecule has 5 aromatic rings. The zero-order chi connectivity index (χ0) is 44.6. The largest absolute Gasteiger partial charge is 0.480 e. The number of carboxylic acid groups (broad SMARTS) is 1. The monoisotopic (exact) mass is 872 g/mol. The van der Waals surface area contributed by atoms with Crippen LogP contribution in [0.2, 0.25) is 0 Å². The fraction of sp³-hybridized carbons (Fsp3) is 0.353. The quantitative estimate of drug-likeness (QED) is 0.0743. The lowest BCUT2D eigenvalue weighted by atomic mass is 10.0. The van der Waals surface area contributed by atoms with Gasteiger partial charge in [0.25, 0.3) is 0 Å². The minimum atomic E-state index is -1.24. The molecule has 13 nitrogen and oxygen atoms in total. The second-order valence-corrected chi connectivity index (χ2v) is 16.0. The molecular weight excluding hydrogens is 817 g/mol. The van der Waals surface area contributed by atoms with E-state index >= 15 is 0 Å². The predicted molar refractivity (Wildman–Crippen MR) is 236 cm³/mol. The lowest BCUT2D eigenvalue weighted by Crippen LogP contribution is -2.55. The molecule has 0 unspecified atom stereocenters. The lowest BCUT2D eigenvalue weighted by molar-refractivity contribution is -0.189. The first-order valence-electron chi connectivity index (χ1n) is 21.6. The maximum Gasteiger partial charge on any atom is 0.410 e. The summed E-state index contributed by atoms with van der Waals surface area (Å²) in [6, 6.07) is 46.8. The fourth-order valence-electron chi connectivity index (χ4n) is 7.88. The van der Waals surface area contributed by atoms with Crippen LogP contribution in [0, 0.1) is 0 Å². The van der Waals surface area contributed by atoms with Gasteiger partial charge in [0.15, 0.2) is 5.79 Å². The first-order valence-corrected chi connectivity index (χ1v) is 21.6. The molecule has 2 amide bonds. The molecule has 1 N–H and O–H groups in total. The molecule has 0 saturated carbocycles. The van der Waals surface area contributed by atoms with Crippen molar-refractivity contribution in [2.45, 2.75) is 82.6 Å². The molecule has 0 aliphatic carbocycles. The third kappa shape index (κ3) is 13.1. The van der Waals surface area contributed by atoms with Crippen LogP contribution in [0.1, 0.15) is 41.2 Å². The van der Waals surface area contributed by atoms with Crippen LogP contribution in [-0.2, 0) is 75.8 Å². The van der Waals surface area contributed by atoms with E-state index in [9.17, 15) is 19.5 Å². The molecule has 7 rings (SSSR count). The summed E-state index contributed by atoms with van der Waals surface area (Å²) in [4.78, 5) is 43.9.